The molecule has 1 aliphatic rings. The predicted octanol–water partition coefficient (Wildman–Crippen LogP) is 1.77. The van der Waals surface area contributed by atoms with Gasteiger partial charge in [0.25, 0.3) is 0 Å². The van der Waals surface area contributed by atoms with E-state index in [9.17, 15) is 4.79 Å². The Morgan fingerprint density at radius 2 is 2.14 bits per heavy atom. The smallest absolute Gasteiger partial charge is 0.223 e. The second-order valence-corrected chi connectivity index (χ2v) is 5.75. The van der Waals surface area contributed by atoms with Crippen molar-refractivity contribution in [3.8, 4) is 0 Å². The first-order chi connectivity index (χ1) is 10.1. The molecule has 0 unspecified atom stereocenters. The van der Waals surface area contributed by atoms with Crippen molar-refractivity contribution in [2.45, 2.75) is 39.5 Å². The third-order valence-corrected chi connectivity index (χ3v) is 3.81. The molecule has 21 heavy (non-hydrogen) atoms. The van der Waals surface area contributed by atoms with Crippen molar-refractivity contribution >= 4 is 5.91 Å². The molecule has 1 aromatic heterocycles. The van der Waals surface area contributed by atoms with Crippen LogP contribution in [0.3, 0.4) is 0 Å². The first-order valence-corrected chi connectivity index (χ1v) is 7.72. The molecular formula is C16H25N3O2. The molecule has 0 radical (unpaired) electrons. The number of hydrogen-bond donors (Lipinski definition) is 0. The number of aromatic nitrogens is 2. The summed E-state index contributed by atoms with van der Waals surface area (Å²) in [7, 11) is 1.66. The van der Waals surface area contributed by atoms with Gasteiger partial charge in [0.1, 0.15) is 5.82 Å². The number of ether oxygens (including phenoxy) is 1. The van der Waals surface area contributed by atoms with Crippen molar-refractivity contribution in [3.05, 3.63) is 23.3 Å². The number of carbonyl (C=O) groups is 1. The van der Waals surface area contributed by atoms with Crippen molar-refractivity contribution in [1.29, 1.82) is 0 Å². The van der Waals surface area contributed by atoms with E-state index in [0.29, 0.717) is 25.5 Å². The molecule has 1 amide bonds. The molecule has 0 aliphatic carbocycles. The summed E-state index contributed by atoms with van der Waals surface area (Å²) in [6, 6.07) is 2.10. The Morgan fingerprint density at radius 3 is 2.86 bits per heavy atom. The van der Waals surface area contributed by atoms with Crippen molar-refractivity contribution in [3.63, 3.8) is 0 Å². The van der Waals surface area contributed by atoms with E-state index in [1.165, 1.54) is 0 Å². The molecule has 5 heteroatoms. The monoisotopic (exact) mass is 291 g/mol. The number of carbonyl (C=O) groups excluding carboxylic acids is 1. The van der Waals surface area contributed by atoms with Crippen LogP contribution in [0.5, 0.6) is 0 Å². The zero-order valence-corrected chi connectivity index (χ0v) is 13.3. The highest BCUT2D eigenvalue weighted by Crippen LogP contribution is 2.21. The van der Waals surface area contributed by atoms with E-state index in [0.717, 1.165) is 43.0 Å². The molecule has 0 spiro atoms. The average Bonchev–Trinajstić information content (AvgIpc) is 2.76. The molecule has 1 fully saturated rings. The van der Waals surface area contributed by atoms with Gasteiger partial charge in [0, 0.05) is 38.0 Å². The molecule has 1 saturated heterocycles. The predicted molar refractivity (Wildman–Crippen MR) is 81.0 cm³/mol. The van der Waals surface area contributed by atoms with Crippen molar-refractivity contribution in [1.82, 2.24) is 14.9 Å². The van der Waals surface area contributed by atoms with Crippen LogP contribution in [0.1, 0.15) is 37.0 Å². The van der Waals surface area contributed by atoms with E-state index in [1.807, 2.05) is 11.8 Å². The molecule has 0 bridgehead atoms. The summed E-state index contributed by atoms with van der Waals surface area (Å²) in [6.07, 6.45) is 3.55. The molecule has 0 saturated carbocycles. The van der Waals surface area contributed by atoms with Crippen LogP contribution < -0.4 is 0 Å². The van der Waals surface area contributed by atoms with Gasteiger partial charge in [-0.25, -0.2) is 9.97 Å². The maximum Gasteiger partial charge on any atom is 0.223 e. The molecule has 5 nitrogen and oxygen atoms in total. The molecule has 2 rings (SSSR count). The fourth-order valence-corrected chi connectivity index (χ4v) is 2.89. The lowest BCUT2D eigenvalue weighted by Crippen LogP contribution is -2.29. The number of rotatable bonds is 7. The normalized spacial score (nSPS) is 18.5. The van der Waals surface area contributed by atoms with Gasteiger partial charge in [-0.3, -0.25) is 4.79 Å². The summed E-state index contributed by atoms with van der Waals surface area (Å²) in [5.41, 5.74) is 2.18. The molecule has 0 N–H and O–H groups in total. The summed E-state index contributed by atoms with van der Waals surface area (Å²) < 4.78 is 5.05. The third-order valence-electron chi connectivity index (χ3n) is 3.81. The van der Waals surface area contributed by atoms with Crippen LogP contribution >= 0.6 is 0 Å². The molecule has 1 aromatic rings. The summed E-state index contributed by atoms with van der Waals surface area (Å²) >= 11 is 0. The first kappa shape index (κ1) is 15.9. The van der Waals surface area contributed by atoms with Crippen LogP contribution in [0.2, 0.25) is 0 Å². The Kier molecular flexibility index (Phi) is 5.67. The highest BCUT2D eigenvalue weighted by atomic mass is 16.5. The lowest BCUT2D eigenvalue weighted by atomic mass is 10.0. The Bertz CT molecular complexity index is 490. The van der Waals surface area contributed by atoms with Crippen LogP contribution in [0, 0.1) is 12.8 Å². The van der Waals surface area contributed by atoms with E-state index in [-0.39, 0.29) is 5.91 Å². The minimum absolute atomic E-state index is 0.233. The van der Waals surface area contributed by atoms with Crippen LogP contribution in [-0.4, -0.2) is 47.6 Å². The van der Waals surface area contributed by atoms with Gasteiger partial charge in [0.05, 0.1) is 6.61 Å². The minimum Gasteiger partial charge on any atom is -0.383 e. The topological polar surface area (TPSA) is 55.3 Å². The maximum atomic E-state index is 12.0. The average molecular weight is 291 g/mol. The Balaban J connectivity index is 1.97. The number of methoxy groups -OCH3 is 1. The molecule has 0 aromatic carbocycles. The van der Waals surface area contributed by atoms with E-state index in [1.54, 1.807) is 7.11 Å². The largest absolute Gasteiger partial charge is 0.383 e. The van der Waals surface area contributed by atoms with Crippen LogP contribution in [0.25, 0.3) is 0 Å². The van der Waals surface area contributed by atoms with Gasteiger partial charge in [0.15, 0.2) is 0 Å². The van der Waals surface area contributed by atoms with Gasteiger partial charge in [0.2, 0.25) is 5.91 Å². The van der Waals surface area contributed by atoms with Gasteiger partial charge >= 0.3 is 0 Å². The fraction of sp³-hybridized carbons (Fsp3) is 0.688. The van der Waals surface area contributed by atoms with Crippen molar-refractivity contribution in [2.24, 2.45) is 5.92 Å². The van der Waals surface area contributed by atoms with Gasteiger partial charge in [-0.05, 0) is 31.7 Å². The van der Waals surface area contributed by atoms with E-state index in [4.69, 9.17) is 4.74 Å². The van der Waals surface area contributed by atoms with Gasteiger partial charge in [-0.15, -0.1) is 0 Å². The lowest BCUT2D eigenvalue weighted by Gasteiger charge is -2.16. The van der Waals surface area contributed by atoms with Crippen LogP contribution in [0.15, 0.2) is 6.07 Å². The number of amides is 1. The Morgan fingerprint density at radius 1 is 1.38 bits per heavy atom. The fourth-order valence-electron chi connectivity index (χ4n) is 2.89. The summed E-state index contributed by atoms with van der Waals surface area (Å²) in [5.74, 6) is 1.42. The van der Waals surface area contributed by atoms with Crippen molar-refractivity contribution < 1.29 is 9.53 Å². The highest BCUT2D eigenvalue weighted by Gasteiger charge is 2.29. The number of nitrogens with zero attached hydrogens (tertiary/aromatic N) is 3. The number of likely N-dealkylation sites (tertiary alicyclic amines) is 1. The zero-order valence-electron chi connectivity index (χ0n) is 13.3. The number of hydrogen-bond acceptors (Lipinski definition) is 4. The van der Waals surface area contributed by atoms with Crippen LogP contribution in [-0.2, 0) is 22.4 Å². The summed E-state index contributed by atoms with van der Waals surface area (Å²) in [6.45, 7) is 6.20. The standard InChI is InChI=1S/C16H25N3O2/c1-4-5-14-10-15(18-12(2)17-14)8-13-9-16(20)19(11-13)6-7-21-3/h10,13H,4-9,11H2,1-3H3/t13-/m1/s1. The molecule has 1 atom stereocenters. The molecule has 2 heterocycles. The van der Waals surface area contributed by atoms with E-state index in [2.05, 4.69) is 23.0 Å². The summed E-state index contributed by atoms with van der Waals surface area (Å²) in [4.78, 5) is 22.8. The first-order valence-electron chi connectivity index (χ1n) is 7.72. The number of aryl methyl sites for hydroxylation is 2. The maximum absolute atomic E-state index is 12.0. The van der Waals surface area contributed by atoms with E-state index >= 15 is 0 Å². The second kappa shape index (κ2) is 7.50. The lowest BCUT2D eigenvalue weighted by molar-refractivity contribution is -0.128. The van der Waals surface area contributed by atoms with Gasteiger partial charge < -0.3 is 9.64 Å². The quantitative estimate of drug-likeness (QED) is 0.768. The zero-order chi connectivity index (χ0) is 15.2. The molecule has 116 valence electrons. The Labute approximate surface area is 126 Å². The van der Waals surface area contributed by atoms with Gasteiger partial charge in [-0.2, -0.15) is 0 Å². The minimum atomic E-state index is 0.233. The molecular weight excluding hydrogens is 266 g/mol. The SMILES string of the molecule is CCCc1cc(C[C@@H]2CC(=O)N(CCOC)C2)nc(C)n1. The Hall–Kier alpha value is -1.49. The van der Waals surface area contributed by atoms with Crippen LogP contribution in [0.4, 0.5) is 0 Å². The molecule has 1 aliphatic heterocycles. The summed E-state index contributed by atoms with van der Waals surface area (Å²) in [5, 5.41) is 0. The third kappa shape index (κ3) is 4.49. The van der Waals surface area contributed by atoms with Crippen molar-refractivity contribution in [2.75, 3.05) is 26.8 Å². The second-order valence-electron chi connectivity index (χ2n) is 5.75. The van der Waals surface area contributed by atoms with Gasteiger partial charge in [-0.1, -0.05) is 13.3 Å². The van der Waals surface area contributed by atoms with E-state index < -0.39 is 0 Å². The highest BCUT2D eigenvalue weighted by molar-refractivity contribution is 5.78.